The molecule has 0 aliphatic heterocycles. The molecule has 0 heterocycles. The second kappa shape index (κ2) is 3.63. The quantitative estimate of drug-likeness (QED) is 0.818. The maximum atomic E-state index is 13.1. The molecule has 1 saturated carbocycles. The molecule has 0 unspecified atom stereocenters. The number of hydrogen-bond acceptors (Lipinski definition) is 2. The minimum Gasteiger partial charge on any atom is -0.330 e. The Morgan fingerprint density at radius 2 is 2.20 bits per heavy atom. The highest BCUT2D eigenvalue weighted by molar-refractivity contribution is 5.35. The summed E-state index contributed by atoms with van der Waals surface area (Å²) in [6, 6.07) is 6.59. The molecular weight excluding hydrogens is 191 g/mol. The van der Waals surface area contributed by atoms with Crippen molar-refractivity contribution in [3.8, 4) is 6.07 Å². The maximum absolute atomic E-state index is 13.1. The Morgan fingerprint density at radius 1 is 1.47 bits per heavy atom. The lowest BCUT2D eigenvalue weighted by atomic mass is 9.95. The fraction of sp³-hybridized carbons (Fsp3) is 0.417. The van der Waals surface area contributed by atoms with Crippen LogP contribution in [0.4, 0.5) is 4.39 Å². The van der Waals surface area contributed by atoms with Crippen molar-refractivity contribution >= 4 is 0 Å². The molecule has 0 amide bonds. The number of halogens is 1. The highest BCUT2D eigenvalue weighted by Gasteiger charge is 2.40. The van der Waals surface area contributed by atoms with E-state index in [9.17, 15) is 4.39 Å². The Kier molecular flexibility index (Phi) is 2.45. The van der Waals surface area contributed by atoms with Gasteiger partial charge in [-0.3, -0.25) is 0 Å². The van der Waals surface area contributed by atoms with E-state index in [-0.39, 0.29) is 11.0 Å². The van der Waals surface area contributed by atoms with Gasteiger partial charge in [-0.15, -0.1) is 0 Å². The van der Waals surface area contributed by atoms with Crippen molar-refractivity contribution in [1.29, 1.82) is 5.26 Å². The van der Waals surface area contributed by atoms with Crippen molar-refractivity contribution in [3.05, 3.63) is 35.1 Å². The lowest BCUT2D eigenvalue weighted by molar-refractivity contribution is 0.520. The highest BCUT2D eigenvalue weighted by Crippen LogP contribution is 2.47. The van der Waals surface area contributed by atoms with E-state index in [0.717, 1.165) is 24.8 Å². The van der Waals surface area contributed by atoms with Gasteiger partial charge in [-0.25, -0.2) is 4.39 Å². The van der Waals surface area contributed by atoms with Crippen molar-refractivity contribution in [2.45, 2.75) is 19.3 Å². The average molecular weight is 204 g/mol. The summed E-state index contributed by atoms with van der Waals surface area (Å²) in [6.07, 6.45) is 3.14. The van der Waals surface area contributed by atoms with E-state index in [0.29, 0.717) is 6.54 Å². The Bertz CT molecular complexity index is 416. The summed E-state index contributed by atoms with van der Waals surface area (Å²) in [5.41, 5.74) is 7.04. The van der Waals surface area contributed by atoms with Gasteiger partial charge < -0.3 is 5.73 Å². The van der Waals surface area contributed by atoms with E-state index >= 15 is 0 Å². The molecule has 2 rings (SSSR count). The van der Waals surface area contributed by atoms with Gasteiger partial charge in [0.05, 0.1) is 5.56 Å². The van der Waals surface area contributed by atoms with Crippen LogP contribution in [0.25, 0.3) is 0 Å². The van der Waals surface area contributed by atoms with E-state index in [1.807, 2.05) is 6.07 Å². The number of nitrogens with zero attached hydrogens (tertiary/aromatic N) is 1. The van der Waals surface area contributed by atoms with E-state index in [4.69, 9.17) is 11.0 Å². The SMILES string of the molecule is N#Cc1cc(CC2(CN)CC2)ccc1F. The lowest BCUT2D eigenvalue weighted by Crippen LogP contribution is -2.17. The van der Waals surface area contributed by atoms with Crippen LogP contribution in [0.5, 0.6) is 0 Å². The first-order valence-electron chi connectivity index (χ1n) is 5.08. The minimum absolute atomic E-state index is 0.125. The smallest absolute Gasteiger partial charge is 0.140 e. The zero-order valence-corrected chi connectivity index (χ0v) is 8.46. The summed E-state index contributed by atoms with van der Waals surface area (Å²) >= 11 is 0. The maximum Gasteiger partial charge on any atom is 0.140 e. The van der Waals surface area contributed by atoms with Gasteiger partial charge in [0.2, 0.25) is 0 Å². The van der Waals surface area contributed by atoms with Crippen LogP contribution in [0.3, 0.4) is 0 Å². The molecule has 0 spiro atoms. The summed E-state index contributed by atoms with van der Waals surface area (Å²) in [4.78, 5) is 0. The normalized spacial score (nSPS) is 17.1. The molecule has 78 valence electrons. The Balaban J connectivity index is 2.20. The molecule has 15 heavy (non-hydrogen) atoms. The standard InChI is InChI=1S/C12H13FN2/c13-11-2-1-9(5-10(11)7-14)6-12(8-15)3-4-12/h1-2,5H,3-4,6,8,15H2. The molecule has 1 aromatic rings. The first-order valence-corrected chi connectivity index (χ1v) is 5.08. The van der Waals surface area contributed by atoms with Crippen LogP contribution in [0.2, 0.25) is 0 Å². The van der Waals surface area contributed by atoms with Gasteiger partial charge in [0, 0.05) is 0 Å². The molecule has 2 N–H and O–H groups in total. The van der Waals surface area contributed by atoms with Gasteiger partial charge in [0.15, 0.2) is 0 Å². The van der Waals surface area contributed by atoms with Crippen molar-refractivity contribution in [2.75, 3.05) is 6.54 Å². The van der Waals surface area contributed by atoms with Crippen LogP contribution in [-0.4, -0.2) is 6.54 Å². The van der Waals surface area contributed by atoms with Gasteiger partial charge in [-0.1, -0.05) is 6.07 Å². The summed E-state index contributed by atoms with van der Waals surface area (Å²) < 4.78 is 13.1. The Hall–Kier alpha value is -1.40. The Morgan fingerprint density at radius 3 is 2.73 bits per heavy atom. The molecule has 1 aliphatic carbocycles. The van der Waals surface area contributed by atoms with Crippen molar-refractivity contribution < 1.29 is 4.39 Å². The summed E-state index contributed by atoms with van der Waals surface area (Å²) in [5, 5.41) is 8.70. The van der Waals surface area contributed by atoms with Crippen molar-refractivity contribution in [1.82, 2.24) is 0 Å². The molecule has 1 aromatic carbocycles. The molecular formula is C12H13FN2. The van der Waals surface area contributed by atoms with Gasteiger partial charge >= 0.3 is 0 Å². The molecule has 0 saturated heterocycles. The lowest BCUT2D eigenvalue weighted by Gasteiger charge is -2.12. The van der Waals surface area contributed by atoms with Gasteiger partial charge in [0.25, 0.3) is 0 Å². The zero-order chi connectivity index (χ0) is 10.9. The third-order valence-electron chi connectivity index (χ3n) is 3.12. The van der Waals surface area contributed by atoms with E-state index in [2.05, 4.69) is 0 Å². The topological polar surface area (TPSA) is 49.8 Å². The van der Waals surface area contributed by atoms with Crippen LogP contribution in [0.15, 0.2) is 18.2 Å². The predicted molar refractivity (Wildman–Crippen MR) is 55.5 cm³/mol. The molecule has 3 heteroatoms. The third kappa shape index (κ3) is 2.00. The van der Waals surface area contributed by atoms with E-state index < -0.39 is 5.82 Å². The molecule has 0 aromatic heterocycles. The second-order valence-electron chi connectivity index (χ2n) is 4.31. The Labute approximate surface area is 88.5 Å². The molecule has 0 radical (unpaired) electrons. The minimum atomic E-state index is -0.446. The fourth-order valence-electron chi connectivity index (χ4n) is 1.83. The number of nitrogens with two attached hydrogens (primary N) is 1. The van der Waals surface area contributed by atoms with Crippen LogP contribution in [0.1, 0.15) is 24.0 Å². The number of hydrogen-bond donors (Lipinski definition) is 1. The summed E-state index contributed by atoms with van der Waals surface area (Å²) in [7, 11) is 0. The van der Waals surface area contributed by atoms with Crippen LogP contribution < -0.4 is 5.73 Å². The predicted octanol–water partition coefficient (Wildman–Crippen LogP) is 1.98. The van der Waals surface area contributed by atoms with Gasteiger partial charge in [-0.2, -0.15) is 5.26 Å². The third-order valence-corrected chi connectivity index (χ3v) is 3.12. The first kappa shape index (κ1) is 10.1. The monoisotopic (exact) mass is 204 g/mol. The molecule has 1 fully saturated rings. The fourth-order valence-corrected chi connectivity index (χ4v) is 1.83. The molecule has 0 atom stereocenters. The van der Waals surface area contributed by atoms with Crippen molar-refractivity contribution in [3.63, 3.8) is 0 Å². The number of rotatable bonds is 3. The van der Waals surface area contributed by atoms with E-state index in [1.165, 1.54) is 6.07 Å². The highest BCUT2D eigenvalue weighted by atomic mass is 19.1. The number of nitriles is 1. The van der Waals surface area contributed by atoms with Crippen LogP contribution in [0, 0.1) is 22.6 Å². The molecule has 1 aliphatic rings. The van der Waals surface area contributed by atoms with Crippen LogP contribution in [-0.2, 0) is 6.42 Å². The summed E-state index contributed by atoms with van der Waals surface area (Å²) in [5.74, 6) is -0.446. The zero-order valence-electron chi connectivity index (χ0n) is 8.46. The van der Waals surface area contributed by atoms with Crippen LogP contribution >= 0.6 is 0 Å². The first-order chi connectivity index (χ1) is 7.19. The van der Waals surface area contributed by atoms with Gasteiger partial charge in [-0.05, 0) is 48.9 Å². The number of benzene rings is 1. The molecule has 0 bridgehead atoms. The van der Waals surface area contributed by atoms with Gasteiger partial charge in [0.1, 0.15) is 11.9 Å². The van der Waals surface area contributed by atoms with Crippen molar-refractivity contribution in [2.24, 2.45) is 11.1 Å². The second-order valence-corrected chi connectivity index (χ2v) is 4.31. The summed E-state index contributed by atoms with van der Waals surface area (Å²) in [6.45, 7) is 0.673. The molecule has 2 nitrogen and oxygen atoms in total. The van der Waals surface area contributed by atoms with E-state index in [1.54, 1.807) is 12.1 Å². The largest absolute Gasteiger partial charge is 0.330 e. The average Bonchev–Trinajstić information content (AvgIpc) is 3.02.